The van der Waals surface area contributed by atoms with Gasteiger partial charge in [-0.2, -0.15) is 0 Å². The van der Waals surface area contributed by atoms with Gasteiger partial charge in [0, 0.05) is 6.54 Å². The first kappa shape index (κ1) is 15.0. The summed E-state index contributed by atoms with van der Waals surface area (Å²) < 4.78 is 0. The number of nitrogens with one attached hydrogen (secondary N) is 1. The molecule has 1 rings (SSSR count). The van der Waals surface area contributed by atoms with Gasteiger partial charge < -0.3 is 15.5 Å². The highest BCUT2D eigenvalue weighted by molar-refractivity contribution is 5.96. The summed E-state index contributed by atoms with van der Waals surface area (Å²) in [5, 5.41) is 21.5. The normalized spacial score (nSPS) is 29.6. The van der Waals surface area contributed by atoms with Gasteiger partial charge in [0.1, 0.15) is 5.92 Å². The van der Waals surface area contributed by atoms with E-state index in [1.165, 1.54) is 6.92 Å². The van der Waals surface area contributed by atoms with Crippen LogP contribution in [0.25, 0.3) is 0 Å². The van der Waals surface area contributed by atoms with E-state index in [0.29, 0.717) is 18.8 Å². The third-order valence-corrected chi connectivity index (χ3v) is 3.97. The second-order valence-electron chi connectivity index (χ2n) is 5.35. The summed E-state index contributed by atoms with van der Waals surface area (Å²) in [7, 11) is 0. The smallest absolute Gasteiger partial charge is 0.315 e. The SMILES string of the molecule is CCC1CCC(O)(CNC(=O)C(C)C(=O)O)CC1. The molecule has 0 spiro atoms. The van der Waals surface area contributed by atoms with Gasteiger partial charge in [0.25, 0.3) is 0 Å². The summed E-state index contributed by atoms with van der Waals surface area (Å²) in [6, 6.07) is 0. The number of carbonyl (C=O) groups excluding carboxylic acids is 1. The number of hydrogen-bond donors (Lipinski definition) is 3. The fourth-order valence-corrected chi connectivity index (χ4v) is 2.32. The van der Waals surface area contributed by atoms with E-state index in [2.05, 4.69) is 12.2 Å². The minimum Gasteiger partial charge on any atom is -0.481 e. The van der Waals surface area contributed by atoms with Gasteiger partial charge in [0.2, 0.25) is 5.91 Å². The third kappa shape index (κ3) is 3.98. The van der Waals surface area contributed by atoms with Gasteiger partial charge in [-0.3, -0.25) is 9.59 Å². The average Bonchev–Trinajstić information content (AvgIpc) is 2.36. The summed E-state index contributed by atoms with van der Waals surface area (Å²) in [4.78, 5) is 22.1. The fourth-order valence-electron chi connectivity index (χ4n) is 2.32. The Morgan fingerprint density at radius 2 is 1.94 bits per heavy atom. The van der Waals surface area contributed by atoms with Crippen LogP contribution in [0.2, 0.25) is 0 Å². The van der Waals surface area contributed by atoms with Crippen LogP contribution in [-0.4, -0.2) is 34.2 Å². The Hall–Kier alpha value is -1.10. The highest BCUT2D eigenvalue weighted by Gasteiger charge is 2.33. The number of carboxylic acid groups (broad SMARTS) is 1. The lowest BCUT2D eigenvalue weighted by atomic mass is 9.78. The predicted molar refractivity (Wildman–Crippen MR) is 67.0 cm³/mol. The van der Waals surface area contributed by atoms with Crippen molar-refractivity contribution in [3.63, 3.8) is 0 Å². The number of rotatable bonds is 5. The van der Waals surface area contributed by atoms with E-state index in [9.17, 15) is 14.7 Å². The molecule has 1 fully saturated rings. The largest absolute Gasteiger partial charge is 0.481 e. The highest BCUT2D eigenvalue weighted by Crippen LogP contribution is 2.33. The van der Waals surface area contributed by atoms with Gasteiger partial charge in [-0.25, -0.2) is 0 Å². The van der Waals surface area contributed by atoms with Gasteiger partial charge in [0.15, 0.2) is 0 Å². The molecule has 5 heteroatoms. The topological polar surface area (TPSA) is 86.6 Å². The lowest BCUT2D eigenvalue weighted by Crippen LogP contribution is -2.47. The maximum Gasteiger partial charge on any atom is 0.315 e. The fraction of sp³-hybridized carbons (Fsp3) is 0.846. The van der Waals surface area contributed by atoms with E-state index in [0.717, 1.165) is 19.3 Å². The summed E-state index contributed by atoms with van der Waals surface area (Å²) in [6.07, 6.45) is 4.41. The second kappa shape index (κ2) is 6.18. The molecule has 5 nitrogen and oxygen atoms in total. The zero-order valence-electron chi connectivity index (χ0n) is 11.1. The molecule has 1 aliphatic rings. The average molecular weight is 257 g/mol. The molecule has 1 amide bonds. The van der Waals surface area contributed by atoms with Crippen molar-refractivity contribution in [2.75, 3.05) is 6.54 Å². The molecule has 1 unspecified atom stereocenters. The van der Waals surface area contributed by atoms with Crippen molar-refractivity contribution >= 4 is 11.9 Å². The van der Waals surface area contributed by atoms with Crippen molar-refractivity contribution in [2.45, 2.75) is 51.6 Å². The number of amides is 1. The highest BCUT2D eigenvalue weighted by atomic mass is 16.4. The number of hydrogen-bond acceptors (Lipinski definition) is 3. The van der Waals surface area contributed by atoms with E-state index in [-0.39, 0.29) is 6.54 Å². The van der Waals surface area contributed by atoms with Crippen LogP contribution in [0.15, 0.2) is 0 Å². The van der Waals surface area contributed by atoms with Gasteiger partial charge in [-0.05, 0) is 38.5 Å². The van der Waals surface area contributed by atoms with Crippen LogP contribution in [0.3, 0.4) is 0 Å². The zero-order chi connectivity index (χ0) is 13.8. The van der Waals surface area contributed by atoms with Gasteiger partial charge in [-0.15, -0.1) is 0 Å². The Labute approximate surface area is 108 Å². The minimum absolute atomic E-state index is 0.153. The maximum absolute atomic E-state index is 11.5. The quantitative estimate of drug-likeness (QED) is 0.645. The number of aliphatic carboxylic acids is 1. The van der Waals surface area contributed by atoms with Gasteiger partial charge in [-0.1, -0.05) is 13.3 Å². The molecule has 0 heterocycles. The first-order valence-electron chi connectivity index (χ1n) is 6.61. The van der Waals surface area contributed by atoms with Crippen molar-refractivity contribution in [2.24, 2.45) is 11.8 Å². The predicted octanol–water partition coefficient (Wildman–Crippen LogP) is 1.15. The molecule has 0 radical (unpaired) electrons. The van der Waals surface area contributed by atoms with Crippen LogP contribution in [0, 0.1) is 11.8 Å². The molecule has 0 aromatic heterocycles. The number of carboxylic acids is 1. The summed E-state index contributed by atoms with van der Waals surface area (Å²) in [5.41, 5.74) is -0.862. The molecule has 0 aliphatic heterocycles. The molecule has 1 aliphatic carbocycles. The van der Waals surface area contributed by atoms with Crippen molar-refractivity contribution < 1.29 is 19.8 Å². The van der Waals surface area contributed by atoms with Gasteiger partial charge in [0.05, 0.1) is 5.60 Å². The minimum atomic E-state index is -1.14. The standard InChI is InChI=1S/C13H23NO4/c1-3-10-4-6-13(18,7-5-10)8-14-11(15)9(2)12(16)17/h9-10,18H,3-8H2,1-2H3,(H,14,15)(H,16,17). The first-order valence-corrected chi connectivity index (χ1v) is 6.61. The van der Waals surface area contributed by atoms with Crippen LogP contribution in [0.5, 0.6) is 0 Å². The van der Waals surface area contributed by atoms with E-state index in [1.54, 1.807) is 0 Å². The van der Waals surface area contributed by atoms with E-state index in [1.807, 2.05) is 0 Å². The zero-order valence-corrected chi connectivity index (χ0v) is 11.1. The molecule has 104 valence electrons. The number of carbonyl (C=O) groups is 2. The van der Waals surface area contributed by atoms with E-state index < -0.39 is 23.4 Å². The van der Waals surface area contributed by atoms with Crippen molar-refractivity contribution in [1.82, 2.24) is 5.32 Å². The second-order valence-corrected chi connectivity index (χ2v) is 5.35. The van der Waals surface area contributed by atoms with Crippen LogP contribution >= 0.6 is 0 Å². The first-order chi connectivity index (χ1) is 8.38. The maximum atomic E-state index is 11.5. The van der Waals surface area contributed by atoms with E-state index >= 15 is 0 Å². The van der Waals surface area contributed by atoms with Crippen LogP contribution in [-0.2, 0) is 9.59 Å². The molecule has 0 aromatic carbocycles. The molecule has 0 bridgehead atoms. The molecule has 18 heavy (non-hydrogen) atoms. The van der Waals surface area contributed by atoms with Crippen molar-refractivity contribution in [1.29, 1.82) is 0 Å². The Bertz CT molecular complexity index is 308. The lowest BCUT2D eigenvalue weighted by molar-refractivity contribution is -0.146. The molecule has 0 aromatic rings. The molecule has 0 saturated heterocycles. The Balaban J connectivity index is 2.39. The Kier molecular flexibility index (Phi) is 5.14. The monoisotopic (exact) mass is 257 g/mol. The van der Waals surface area contributed by atoms with Crippen molar-refractivity contribution in [3.8, 4) is 0 Å². The molecular weight excluding hydrogens is 234 g/mol. The Morgan fingerprint density at radius 3 is 2.39 bits per heavy atom. The van der Waals surface area contributed by atoms with Gasteiger partial charge >= 0.3 is 5.97 Å². The molecular formula is C13H23NO4. The van der Waals surface area contributed by atoms with Crippen molar-refractivity contribution in [3.05, 3.63) is 0 Å². The van der Waals surface area contributed by atoms with E-state index in [4.69, 9.17) is 5.11 Å². The van der Waals surface area contributed by atoms with Crippen LogP contribution < -0.4 is 5.32 Å². The Morgan fingerprint density at radius 1 is 1.39 bits per heavy atom. The summed E-state index contributed by atoms with van der Waals surface area (Å²) in [6.45, 7) is 3.64. The van der Waals surface area contributed by atoms with Crippen LogP contribution in [0.1, 0.15) is 46.0 Å². The third-order valence-electron chi connectivity index (χ3n) is 3.97. The lowest BCUT2D eigenvalue weighted by Gasteiger charge is -2.36. The summed E-state index contributed by atoms with van der Waals surface area (Å²) >= 11 is 0. The number of aliphatic hydroxyl groups is 1. The summed E-state index contributed by atoms with van der Waals surface area (Å²) in [5.74, 6) is -2.08. The van der Waals surface area contributed by atoms with Crippen LogP contribution in [0.4, 0.5) is 0 Å². The molecule has 1 saturated carbocycles. The molecule has 1 atom stereocenters. The molecule has 3 N–H and O–H groups in total.